The van der Waals surface area contributed by atoms with Gasteiger partial charge in [0.2, 0.25) is 5.91 Å². The normalized spacial score (nSPS) is 15.0. The smallest absolute Gasteiger partial charge is 0.255 e. The van der Waals surface area contributed by atoms with E-state index in [1.54, 1.807) is 12.1 Å². The minimum atomic E-state index is -0.835. The molecule has 0 aromatic heterocycles. The minimum Gasteiger partial charge on any atom is -0.507 e. The zero-order chi connectivity index (χ0) is 22.5. The maximum Gasteiger partial charge on any atom is 0.255 e. The fourth-order valence-corrected chi connectivity index (χ4v) is 4.07. The molecule has 1 atom stereocenters. The van der Waals surface area contributed by atoms with Gasteiger partial charge in [0.25, 0.3) is 5.91 Å². The van der Waals surface area contributed by atoms with Gasteiger partial charge in [-0.05, 0) is 55.2 Å². The number of phenols is 1. The summed E-state index contributed by atoms with van der Waals surface area (Å²) in [5.41, 5.74) is 1.39. The Balaban J connectivity index is 1.68. The van der Waals surface area contributed by atoms with Crippen LogP contribution in [0.4, 0.5) is 11.4 Å². The molecule has 0 heterocycles. The second kappa shape index (κ2) is 10.2. The second-order valence-corrected chi connectivity index (χ2v) is 9.01. The van der Waals surface area contributed by atoms with Crippen molar-refractivity contribution in [1.29, 1.82) is 0 Å². The van der Waals surface area contributed by atoms with Crippen LogP contribution in [0.25, 0.3) is 0 Å². The van der Waals surface area contributed by atoms with Crippen molar-refractivity contribution in [2.75, 3.05) is 10.6 Å². The number of hydrogen-bond acceptors (Lipinski definition) is 4. The van der Waals surface area contributed by atoms with E-state index in [1.807, 2.05) is 19.9 Å². The molecule has 2 amide bonds. The van der Waals surface area contributed by atoms with Gasteiger partial charge >= 0.3 is 0 Å². The van der Waals surface area contributed by atoms with E-state index in [-0.39, 0.29) is 17.2 Å². The van der Waals surface area contributed by atoms with Crippen LogP contribution in [-0.2, 0) is 4.79 Å². The van der Waals surface area contributed by atoms with Crippen molar-refractivity contribution >= 4 is 46.4 Å². The molecular formula is C23H27Cl2N3O3. The van der Waals surface area contributed by atoms with E-state index in [4.69, 9.17) is 23.2 Å². The lowest BCUT2D eigenvalue weighted by Crippen LogP contribution is -2.47. The first-order valence-electron chi connectivity index (χ1n) is 10.4. The van der Waals surface area contributed by atoms with E-state index >= 15 is 0 Å². The summed E-state index contributed by atoms with van der Waals surface area (Å²) in [6.07, 6.45) is 4.76. The molecule has 1 aliphatic rings. The molecule has 3 rings (SSSR count). The average molecular weight is 464 g/mol. The number of amides is 2. The van der Waals surface area contributed by atoms with E-state index in [2.05, 4.69) is 16.0 Å². The van der Waals surface area contributed by atoms with E-state index in [0.717, 1.165) is 18.5 Å². The van der Waals surface area contributed by atoms with Crippen molar-refractivity contribution < 1.29 is 14.7 Å². The molecule has 0 bridgehead atoms. The summed E-state index contributed by atoms with van der Waals surface area (Å²) >= 11 is 12.3. The third-order valence-corrected chi connectivity index (χ3v) is 5.94. The Hall–Kier alpha value is -2.44. The van der Waals surface area contributed by atoms with Crippen molar-refractivity contribution in [1.82, 2.24) is 5.32 Å². The molecule has 31 heavy (non-hydrogen) atoms. The van der Waals surface area contributed by atoms with Crippen LogP contribution in [0.5, 0.6) is 5.75 Å². The number of halogens is 2. The van der Waals surface area contributed by atoms with Gasteiger partial charge in [0.15, 0.2) is 0 Å². The van der Waals surface area contributed by atoms with E-state index < -0.39 is 17.9 Å². The van der Waals surface area contributed by atoms with Crippen molar-refractivity contribution in [2.45, 2.75) is 51.6 Å². The molecule has 1 unspecified atom stereocenters. The first-order valence-corrected chi connectivity index (χ1v) is 11.2. The monoisotopic (exact) mass is 463 g/mol. The van der Waals surface area contributed by atoms with E-state index in [1.165, 1.54) is 31.0 Å². The van der Waals surface area contributed by atoms with Crippen LogP contribution in [0.1, 0.15) is 49.9 Å². The highest BCUT2D eigenvalue weighted by molar-refractivity contribution is 6.34. The molecule has 6 nitrogen and oxygen atoms in total. The number of phenolic OH excluding ortho intramolecular Hbond substituents is 1. The molecule has 8 heteroatoms. The van der Waals surface area contributed by atoms with Crippen molar-refractivity contribution in [3.05, 3.63) is 52.0 Å². The molecule has 2 aromatic carbocycles. The van der Waals surface area contributed by atoms with E-state index in [9.17, 15) is 14.7 Å². The van der Waals surface area contributed by atoms with Gasteiger partial charge in [-0.1, -0.05) is 49.9 Å². The van der Waals surface area contributed by atoms with Crippen LogP contribution in [0, 0.1) is 5.92 Å². The lowest BCUT2D eigenvalue weighted by Gasteiger charge is -2.22. The number of nitrogens with one attached hydrogen (secondary N) is 3. The zero-order valence-electron chi connectivity index (χ0n) is 17.5. The standard InChI is InChI=1S/C23H27Cl2N3O3/c1-13(2)21(28-22(30)17-11-14(24)7-10-20(17)29)23(31)27-19-9-8-16(12-18(19)25)26-15-5-3-4-6-15/h7-13,15,21,26,29H,3-6H2,1-2H3,(H,27,31)(H,28,30). The number of carbonyl (C=O) groups is 2. The summed E-state index contributed by atoms with van der Waals surface area (Å²) in [7, 11) is 0. The molecule has 0 radical (unpaired) electrons. The molecular weight excluding hydrogens is 437 g/mol. The van der Waals surface area contributed by atoms with Gasteiger partial charge in [0.1, 0.15) is 11.8 Å². The Labute approximate surface area is 192 Å². The Kier molecular flexibility index (Phi) is 7.68. The summed E-state index contributed by atoms with van der Waals surface area (Å²) in [6.45, 7) is 3.64. The summed E-state index contributed by atoms with van der Waals surface area (Å²) in [5.74, 6) is -1.40. The quantitative estimate of drug-likeness (QED) is 0.439. The summed E-state index contributed by atoms with van der Waals surface area (Å²) in [6, 6.07) is 9.22. The Morgan fingerprint density at radius 1 is 1.06 bits per heavy atom. The fraction of sp³-hybridized carbons (Fsp3) is 0.391. The van der Waals surface area contributed by atoms with Crippen LogP contribution >= 0.6 is 23.2 Å². The highest BCUT2D eigenvalue weighted by atomic mass is 35.5. The minimum absolute atomic E-state index is 0.00585. The second-order valence-electron chi connectivity index (χ2n) is 8.17. The number of benzene rings is 2. The van der Waals surface area contributed by atoms with Gasteiger partial charge in [-0.2, -0.15) is 0 Å². The van der Waals surface area contributed by atoms with E-state index in [0.29, 0.717) is 21.8 Å². The molecule has 1 fully saturated rings. The molecule has 166 valence electrons. The maximum atomic E-state index is 12.9. The molecule has 2 aromatic rings. The van der Waals surface area contributed by atoms with Gasteiger partial charge in [-0.15, -0.1) is 0 Å². The lowest BCUT2D eigenvalue weighted by atomic mass is 10.0. The van der Waals surface area contributed by atoms with Gasteiger partial charge in [-0.3, -0.25) is 9.59 Å². The molecule has 0 spiro atoms. The first-order chi connectivity index (χ1) is 14.7. The fourth-order valence-electron chi connectivity index (χ4n) is 3.67. The van der Waals surface area contributed by atoms with Crippen molar-refractivity contribution in [3.8, 4) is 5.75 Å². The third-order valence-electron chi connectivity index (χ3n) is 5.39. The predicted molar refractivity (Wildman–Crippen MR) is 125 cm³/mol. The van der Waals surface area contributed by atoms with Crippen molar-refractivity contribution in [3.63, 3.8) is 0 Å². The van der Waals surface area contributed by atoms with Gasteiger partial charge in [0.05, 0.1) is 16.3 Å². The topological polar surface area (TPSA) is 90.5 Å². The Morgan fingerprint density at radius 3 is 2.42 bits per heavy atom. The highest BCUT2D eigenvalue weighted by Gasteiger charge is 2.26. The van der Waals surface area contributed by atoms with Gasteiger partial charge in [-0.25, -0.2) is 0 Å². The average Bonchev–Trinajstić information content (AvgIpc) is 3.22. The summed E-state index contributed by atoms with van der Waals surface area (Å²) < 4.78 is 0. The van der Waals surface area contributed by atoms with Gasteiger partial charge in [0, 0.05) is 16.8 Å². The van der Waals surface area contributed by atoms with Crippen LogP contribution in [0.15, 0.2) is 36.4 Å². The van der Waals surface area contributed by atoms with Crippen molar-refractivity contribution in [2.24, 2.45) is 5.92 Å². The number of hydrogen-bond donors (Lipinski definition) is 4. The van der Waals surface area contributed by atoms with Gasteiger partial charge < -0.3 is 21.1 Å². The lowest BCUT2D eigenvalue weighted by molar-refractivity contribution is -0.118. The van der Waals surface area contributed by atoms with Crippen LogP contribution in [0.2, 0.25) is 10.0 Å². The first kappa shape index (κ1) is 23.2. The summed E-state index contributed by atoms with van der Waals surface area (Å²) in [5, 5.41) is 19.6. The summed E-state index contributed by atoms with van der Waals surface area (Å²) in [4.78, 5) is 25.5. The number of anilines is 2. The highest BCUT2D eigenvalue weighted by Crippen LogP contribution is 2.29. The Bertz CT molecular complexity index is 959. The molecule has 4 N–H and O–H groups in total. The zero-order valence-corrected chi connectivity index (χ0v) is 19.1. The number of rotatable bonds is 7. The molecule has 0 saturated heterocycles. The SMILES string of the molecule is CC(C)C(NC(=O)c1cc(Cl)ccc1O)C(=O)Nc1ccc(NC2CCCC2)cc1Cl. The van der Waals surface area contributed by atoms with Crippen LogP contribution < -0.4 is 16.0 Å². The predicted octanol–water partition coefficient (Wildman–Crippen LogP) is 5.45. The van der Waals surface area contributed by atoms with Crippen LogP contribution in [0.3, 0.4) is 0 Å². The van der Waals surface area contributed by atoms with Crippen LogP contribution in [-0.4, -0.2) is 29.0 Å². The number of carbonyl (C=O) groups excluding carboxylic acids is 2. The Morgan fingerprint density at radius 2 is 1.77 bits per heavy atom. The third kappa shape index (κ3) is 6.05. The largest absolute Gasteiger partial charge is 0.507 e. The number of aromatic hydroxyl groups is 1. The molecule has 1 saturated carbocycles. The maximum absolute atomic E-state index is 12.9. The molecule has 0 aliphatic heterocycles. The molecule has 1 aliphatic carbocycles.